The van der Waals surface area contributed by atoms with Gasteiger partial charge in [0.2, 0.25) is 5.95 Å². The van der Waals surface area contributed by atoms with Crippen LogP contribution < -0.4 is 10.2 Å². The number of nitrogens with one attached hydrogen (secondary N) is 1. The topological polar surface area (TPSA) is 61.4 Å². The number of carbonyl (C=O) groups is 1. The van der Waals surface area contributed by atoms with Crippen LogP contribution in [0.3, 0.4) is 0 Å². The summed E-state index contributed by atoms with van der Waals surface area (Å²) >= 11 is 0. The number of halogens is 1. The summed E-state index contributed by atoms with van der Waals surface area (Å²) in [6, 6.07) is 17.4. The molecule has 0 saturated carbocycles. The largest absolute Gasteiger partial charge is 0.338 e. The molecule has 0 spiro atoms. The van der Waals surface area contributed by atoms with Crippen LogP contribution in [0.4, 0.5) is 21.8 Å². The van der Waals surface area contributed by atoms with Crippen LogP contribution in [0.1, 0.15) is 10.4 Å². The molecule has 1 aromatic heterocycles. The molecule has 4 rings (SSSR count). The molecular formula is C21H20FN5O. The van der Waals surface area contributed by atoms with Gasteiger partial charge in [0.1, 0.15) is 11.6 Å². The highest BCUT2D eigenvalue weighted by Gasteiger charge is 2.23. The average Bonchev–Trinajstić information content (AvgIpc) is 2.76. The second-order valence-electron chi connectivity index (χ2n) is 6.49. The summed E-state index contributed by atoms with van der Waals surface area (Å²) < 4.78 is 13.8. The Morgan fingerprint density at radius 2 is 1.64 bits per heavy atom. The lowest BCUT2D eigenvalue weighted by molar-refractivity contribution is 0.0746. The molecule has 0 aliphatic carbocycles. The highest BCUT2D eigenvalue weighted by Crippen LogP contribution is 2.20. The minimum Gasteiger partial charge on any atom is -0.338 e. The van der Waals surface area contributed by atoms with Crippen molar-refractivity contribution in [3.63, 3.8) is 0 Å². The van der Waals surface area contributed by atoms with Gasteiger partial charge in [0.15, 0.2) is 0 Å². The zero-order valence-electron chi connectivity index (χ0n) is 15.3. The molecule has 0 unspecified atom stereocenters. The first-order chi connectivity index (χ1) is 13.7. The summed E-state index contributed by atoms with van der Waals surface area (Å²) in [4.78, 5) is 25.3. The molecule has 1 amide bonds. The van der Waals surface area contributed by atoms with Crippen molar-refractivity contribution in [3.8, 4) is 0 Å². The summed E-state index contributed by atoms with van der Waals surface area (Å²) in [5.74, 6) is 0.790. The second kappa shape index (κ2) is 8.04. The predicted molar refractivity (Wildman–Crippen MR) is 106 cm³/mol. The summed E-state index contributed by atoms with van der Waals surface area (Å²) in [5, 5.41) is 2.98. The van der Waals surface area contributed by atoms with Crippen molar-refractivity contribution in [1.82, 2.24) is 14.9 Å². The molecule has 0 radical (unpaired) electrons. The van der Waals surface area contributed by atoms with E-state index < -0.39 is 0 Å². The third kappa shape index (κ3) is 3.93. The number of hydrogen-bond acceptors (Lipinski definition) is 5. The zero-order chi connectivity index (χ0) is 19.3. The summed E-state index contributed by atoms with van der Waals surface area (Å²) in [6.07, 6.45) is 1.65. The van der Waals surface area contributed by atoms with E-state index in [1.807, 2.05) is 40.1 Å². The van der Waals surface area contributed by atoms with Crippen LogP contribution in [0.2, 0.25) is 0 Å². The lowest BCUT2D eigenvalue weighted by Gasteiger charge is -2.34. The Morgan fingerprint density at radius 3 is 2.39 bits per heavy atom. The Balaban J connectivity index is 1.41. The lowest BCUT2D eigenvalue weighted by atomic mass is 10.2. The van der Waals surface area contributed by atoms with Crippen LogP contribution in [0, 0.1) is 5.82 Å². The van der Waals surface area contributed by atoms with E-state index in [2.05, 4.69) is 15.3 Å². The zero-order valence-corrected chi connectivity index (χ0v) is 15.3. The molecule has 1 N–H and O–H groups in total. The molecule has 0 atom stereocenters. The number of nitrogens with zero attached hydrogens (tertiary/aromatic N) is 4. The van der Waals surface area contributed by atoms with E-state index >= 15 is 0 Å². The molecule has 6 nitrogen and oxygen atoms in total. The van der Waals surface area contributed by atoms with E-state index in [4.69, 9.17) is 0 Å². The molecule has 3 aromatic rings. The molecule has 1 saturated heterocycles. The minimum atomic E-state index is -0.337. The van der Waals surface area contributed by atoms with Gasteiger partial charge in [-0.25, -0.2) is 9.37 Å². The minimum absolute atomic E-state index is 0.0381. The number of amides is 1. The fourth-order valence-corrected chi connectivity index (χ4v) is 3.14. The van der Waals surface area contributed by atoms with Gasteiger partial charge in [-0.15, -0.1) is 0 Å². The van der Waals surface area contributed by atoms with E-state index in [-0.39, 0.29) is 11.7 Å². The van der Waals surface area contributed by atoms with Crippen LogP contribution in [0.5, 0.6) is 0 Å². The van der Waals surface area contributed by atoms with Gasteiger partial charge in [0.05, 0.1) is 5.69 Å². The summed E-state index contributed by atoms with van der Waals surface area (Å²) in [6.45, 7) is 2.48. The van der Waals surface area contributed by atoms with E-state index in [1.165, 1.54) is 6.07 Å². The van der Waals surface area contributed by atoms with Crippen LogP contribution in [0.15, 0.2) is 66.9 Å². The Labute approximate surface area is 162 Å². The molecule has 2 heterocycles. The SMILES string of the molecule is O=C(c1ccccc1)N1CCN(c2nccc(Nc3ccccc3F)n2)CC1. The van der Waals surface area contributed by atoms with Crippen LogP contribution in [-0.4, -0.2) is 47.0 Å². The number of aromatic nitrogens is 2. The number of rotatable bonds is 4. The van der Waals surface area contributed by atoms with Gasteiger partial charge in [0.25, 0.3) is 5.91 Å². The van der Waals surface area contributed by atoms with E-state index in [0.29, 0.717) is 49.2 Å². The quantitative estimate of drug-likeness (QED) is 0.756. The van der Waals surface area contributed by atoms with Crippen molar-refractivity contribution in [2.24, 2.45) is 0 Å². The number of carbonyl (C=O) groups excluding carboxylic acids is 1. The van der Waals surface area contributed by atoms with E-state index in [0.717, 1.165) is 0 Å². The first-order valence-corrected chi connectivity index (χ1v) is 9.14. The Kier molecular flexibility index (Phi) is 5.14. The van der Waals surface area contributed by atoms with Gasteiger partial charge in [-0.1, -0.05) is 30.3 Å². The molecule has 142 valence electrons. The van der Waals surface area contributed by atoms with Crippen molar-refractivity contribution >= 4 is 23.4 Å². The van der Waals surface area contributed by atoms with Crippen molar-refractivity contribution in [3.05, 3.63) is 78.2 Å². The number of piperazine rings is 1. The monoisotopic (exact) mass is 377 g/mol. The first kappa shape index (κ1) is 17.9. The van der Waals surface area contributed by atoms with Gasteiger partial charge >= 0.3 is 0 Å². The van der Waals surface area contributed by atoms with Crippen molar-refractivity contribution in [2.75, 3.05) is 36.4 Å². The van der Waals surface area contributed by atoms with Crippen LogP contribution in [-0.2, 0) is 0 Å². The Bertz CT molecular complexity index is 958. The highest BCUT2D eigenvalue weighted by molar-refractivity contribution is 5.94. The molecule has 1 aliphatic rings. The summed E-state index contributed by atoms with van der Waals surface area (Å²) in [7, 11) is 0. The van der Waals surface area contributed by atoms with Crippen molar-refractivity contribution < 1.29 is 9.18 Å². The fraction of sp³-hybridized carbons (Fsp3) is 0.190. The van der Waals surface area contributed by atoms with Gasteiger partial charge in [-0.05, 0) is 30.3 Å². The molecule has 7 heteroatoms. The lowest BCUT2D eigenvalue weighted by Crippen LogP contribution is -2.49. The molecular weight excluding hydrogens is 357 g/mol. The number of benzene rings is 2. The molecule has 0 bridgehead atoms. The standard InChI is InChI=1S/C21H20FN5O/c22-17-8-4-5-9-18(17)24-19-10-11-23-21(25-19)27-14-12-26(13-15-27)20(28)16-6-2-1-3-7-16/h1-11H,12-15H2,(H,23,24,25). The van der Waals surface area contributed by atoms with Crippen molar-refractivity contribution in [2.45, 2.75) is 0 Å². The number of para-hydroxylation sites is 1. The summed E-state index contributed by atoms with van der Waals surface area (Å²) in [5.41, 5.74) is 1.06. The van der Waals surface area contributed by atoms with Crippen molar-refractivity contribution in [1.29, 1.82) is 0 Å². The molecule has 1 fully saturated rings. The smallest absolute Gasteiger partial charge is 0.253 e. The molecule has 28 heavy (non-hydrogen) atoms. The average molecular weight is 377 g/mol. The van der Waals surface area contributed by atoms with Gasteiger partial charge in [-0.2, -0.15) is 4.98 Å². The number of anilines is 3. The Hall–Kier alpha value is -3.48. The van der Waals surface area contributed by atoms with Crippen LogP contribution in [0.25, 0.3) is 0 Å². The predicted octanol–water partition coefficient (Wildman–Crippen LogP) is 3.32. The van der Waals surface area contributed by atoms with E-state index in [9.17, 15) is 9.18 Å². The maximum Gasteiger partial charge on any atom is 0.253 e. The third-order valence-corrected chi connectivity index (χ3v) is 4.65. The van der Waals surface area contributed by atoms with Gasteiger partial charge in [0, 0.05) is 37.9 Å². The Morgan fingerprint density at radius 1 is 0.929 bits per heavy atom. The number of hydrogen-bond donors (Lipinski definition) is 1. The maximum absolute atomic E-state index is 13.8. The highest BCUT2D eigenvalue weighted by atomic mass is 19.1. The van der Waals surface area contributed by atoms with Gasteiger partial charge in [-0.3, -0.25) is 4.79 Å². The third-order valence-electron chi connectivity index (χ3n) is 4.65. The normalized spacial score (nSPS) is 14.0. The van der Waals surface area contributed by atoms with Crippen LogP contribution >= 0.6 is 0 Å². The van der Waals surface area contributed by atoms with Gasteiger partial charge < -0.3 is 15.1 Å². The van der Waals surface area contributed by atoms with E-state index in [1.54, 1.807) is 30.5 Å². The second-order valence-corrected chi connectivity index (χ2v) is 6.49. The molecule has 1 aliphatic heterocycles. The first-order valence-electron chi connectivity index (χ1n) is 9.14. The maximum atomic E-state index is 13.8. The fourth-order valence-electron chi connectivity index (χ4n) is 3.14. The molecule has 2 aromatic carbocycles.